The highest BCUT2D eigenvalue weighted by atomic mass is 32.2. The van der Waals surface area contributed by atoms with E-state index < -0.39 is 0 Å². The maximum Gasteiger partial charge on any atom is 0.247 e. The van der Waals surface area contributed by atoms with Gasteiger partial charge in [-0.25, -0.2) is 0 Å². The molecule has 0 heterocycles. The quantitative estimate of drug-likeness (QED) is 0.597. The first-order valence-corrected chi connectivity index (χ1v) is 7.84. The lowest BCUT2D eigenvalue weighted by atomic mass is 10.2. The van der Waals surface area contributed by atoms with Gasteiger partial charge in [0.05, 0.1) is 7.11 Å². The van der Waals surface area contributed by atoms with Crippen molar-refractivity contribution in [2.75, 3.05) is 14.2 Å². The van der Waals surface area contributed by atoms with Crippen LogP contribution in [-0.2, 0) is 11.3 Å². The number of hydrogen-bond donors (Lipinski definition) is 0. The predicted octanol–water partition coefficient (Wildman–Crippen LogP) is 3.96. The minimum atomic E-state index is -0.0330. The van der Waals surface area contributed by atoms with Crippen LogP contribution in [0.15, 0.2) is 71.0 Å². The summed E-state index contributed by atoms with van der Waals surface area (Å²) in [7, 11) is 3.42. The number of ether oxygens (including phenoxy) is 1. The second-order valence-corrected chi connectivity index (χ2v) is 5.72. The van der Waals surface area contributed by atoms with Crippen molar-refractivity contribution in [1.29, 1.82) is 0 Å². The number of thioether (sulfide) groups is 1. The molecule has 0 fully saturated rings. The number of carbonyl (C=O) groups is 1. The molecular formula is C18H19NO2S. The van der Waals surface area contributed by atoms with Gasteiger partial charge in [0.15, 0.2) is 0 Å². The zero-order valence-electron chi connectivity index (χ0n) is 12.7. The van der Waals surface area contributed by atoms with Crippen molar-refractivity contribution in [2.45, 2.75) is 11.4 Å². The number of benzene rings is 2. The molecule has 0 aliphatic rings. The SMILES string of the molecule is COc1ccccc1CN(C)C(=O)/C=C/Sc1ccccc1. The summed E-state index contributed by atoms with van der Waals surface area (Å²) in [4.78, 5) is 14.9. The number of amides is 1. The number of hydrogen-bond acceptors (Lipinski definition) is 3. The molecule has 3 nitrogen and oxygen atoms in total. The van der Waals surface area contributed by atoms with Gasteiger partial charge in [0.1, 0.15) is 5.75 Å². The van der Waals surface area contributed by atoms with Gasteiger partial charge < -0.3 is 9.64 Å². The number of methoxy groups -OCH3 is 1. The monoisotopic (exact) mass is 313 g/mol. The van der Waals surface area contributed by atoms with Gasteiger partial charge in [-0.3, -0.25) is 4.79 Å². The van der Waals surface area contributed by atoms with E-state index in [1.807, 2.05) is 60.0 Å². The van der Waals surface area contributed by atoms with Crippen molar-refractivity contribution in [1.82, 2.24) is 4.90 Å². The van der Waals surface area contributed by atoms with Crippen molar-refractivity contribution >= 4 is 17.7 Å². The van der Waals surface area contributed by atoms with E-state index >= 15 is 0 Å². The molecule has 0 N–H and O–H groups in total. The topological polar surface area (TPSA) is 29.5 Å². The average Bonchev–Trinajstić information content (AvgIpc) is 2.56. The van der Waals surface area contributed by atoms with Crippen molar-refractivity contribution in [3.05, 3.63) is 71.6 Å². The summed E-state index contributed by atoms with van der Waals surface area (Å²) in [5.41, 5.74) is 0.991. The predicted molar refractivity (Wildman–Crippen MR) is 90.9 cm³/mol. The zero-order valence-corrected chi connectivity index (χ0v) is 13.5. The molecule has 0 radical (unpaired) electrons. The summed E-state index contributed by atoms with van der Waals surface area (Å²) >= 11 is 1.53. The van der Waals surface area contributed by atoms with E-state index in [1.165, 1.54) is 11.8 Å². The Kier molecular flexibility index (Phi) is 6.10. The summed E-state index contributed by atoms with van der Waals surface area (Å²) in [5.74, 6) is 0.763. The van der Waals surface area contributed by atoms with Crippen LogP contribution >= 0.6 is 11.8 Å². The van der Waals surface area contributed by atoms with Gasteiger partial charge in [0.25, 0.3) is 0 Å². The fourth-order valence-electron chi connectivity index (χ4n) is 1.96. The maximum atomic E-state index is 12.1. The molecule has 0 aliphatic heterocycles. The third-order valence-electron chi connectivity index (χ3n) is 3.13. The van der Waals surface area contributed by atoms with E-state index in [0.717, 1.165) is 16.2 Å². The smallest absolute Gasteiger partial charge is 0.247 e. The highest BCUT2D eigenvalue weighted by molar-refractivity contribution is 8.02. The molecule has 114 valence electrons. The van der Waals surface area contributed by atoms with Gasteiger partial charge in [-0.2, -0.15) is 0 Å². The van der Waals surface area contributed by atoms with Crippen LogP contribution in [0.2, 0.25) is 0 Å². The molecule has 0 aromatic heterocycles. The molecule has 22 heavy (non-hydrogen) atoms. The van der Waals surface area contributed by atoms with Crippen LogP contribution in [0.5, 0.6) is 5.75 Å². The molecule has 2 aromatic carbocycles. The van der Waals surface area contributed by atoms with Crippen LogP contribution in [0.4, 0.5) is 0 Å². The summed E-state index contributed by atoms with van der Waals surface area (Å²) in [5, 5.41) is 1.82. The first kappa shape index (κ1) is 16.2. The lowest BCUT2D eigenvalue weighted by Gasteiger charge is -2.17. The second kappa shape index (κ2) is 8.29. The second-order valence-electron chi connectivity index (χ2n) is 4.74. The first-order chi connectivity index (χ1) is 10.7. The maximum absolute atomic E-state index is 12.1. The van der Waals surface area contributed by atoms with E-state index in [9.17, 15) is 4.79 Å². The summed E-state index contributed by atoms with van der Waals surface area (Å²) in [6, 6.07) is 17.7. The molecule has 0 saturated heterocycles. The minimum absolute atomic E-state index is 0.0330. The number of likely N-dealkylation sites (N-methyl/N-ethyl adjacent to an activating group) is 1. The van der Waals surface area contributed by atoms with Crippen LogP contribution in [0.1, 0.15) is 5.56 Å². The summed E-state index contributed by atoms with van der Waals surface area (Å²) in [6.45, 7) is 0.517. The van der Waals surface area contributed by atoms with E-state index in [0.29, 0.717) is 6.54 Å². The third kappa shape index (κ3) is 4.67. The zero-order chi connectivity index (χ0) is 15.8. The third-order valence-corrected chi connectivity index (χ3v) is 3.95. The largest absolute Gasteiger partial charge is 0.496 e. The molecule has 0 unspecified atom stereocenters. The van der Waals surface area contributed by atoms with Crippen LogP contribution in [0.3, 0.4) is 0 Å². The Hall–Kier alpha value is -2.20. The van der Waals surface area contributed by atoms with Gasteiger partial charge in [0, 0.05) is 30.1 Å². The highest BCUT2D eigenvalue weighted by Crippen LogP contribution is 2.20. The van der Waals surface area contributed by atoms with Crippen molar-refractivity contribution in [3.8, 4) is 5.75 Å². The van der Waals surface area contributed by atoms with Gasteiger partial charge in [-0.05, 0) is 23.6 Å². The number of nitrogens with zero attached hydrogens (tertiary/aromatic N) is 1. The van der Waals surface area contributed by atoms with Crippen LogP contribution in [0, 0.1) is 0 Å². The number of carbonyl (C=O) groups excluding carboxylic acids is 1. The molecule has 0 aliphatic carbocycles. The van der Waals surface area contributed by atoms with E-state index in [4.69, 9.17) is 4.74 Å². The Labute approximate surface area is 135 Å². The summed E-state index contributed by atoms with van der Waals surface area (Å²) < 4.78 is 5.30. The van der Waals surface area contributed by atoms with Gasteiger partial charge >= 0.3 is 0 Å². The molecular weight excluding hydrogens is 294 g/mol. The fraction of sp³-hybridized carbons (Fsp3) is 0.167. The normalized spacial score (nSPS) is 10.6. The molecule has 0 bridgehead atoms. The van der Waals surface area contributed by atoms with Crippen molar-refractivity contribution < 1.29 is 9.53 Å². The number of rotatable bonds is 6. The molecule has 1 amide bonds. The Morgan fingerprint density at radius 3 is 2.55 bits per heavy atom. The molecule has 4 heteroatoms. The lowest BCUT2D eigenvalue weighted by molar-refractivity contribution is -0.125. The van der Waals surface area contributed by atoms with Gasteiger partial charge in [-0.15, -0.1) is 0 Å². The Morgan fingerprint density at radius 1 is 1.14 bits per heavy atom. The van der Waals surface area contributed by atoms with Crippen LogP contribution < -0.4 is 4.74 Å². The van der Waals surface area contributed by atoms with Gasteiger partial charge in [-0.1, -0.05) is 48.2 Å². The molecule has 2 aromatic rings. The molecule has 0 atom stereocenters. The fourth-order valence-corrected chi connectivity index (χ4v) is 2.62. The summed E-state index contributed by atoms with van der Waals surface area (Å²) in [6.07, 6.45) is 1.59. The minimum Gasteiger partial charge on any atom is -0.496 e. The van der Waals surface area contributed by atoms with E-state index in [2.05, 4.69) is 0 Å². The molecule has 0 spiro atoms. The molecule has 2 rings (SSSR count). The highest BCUT2D eigenvalue weighted by Gasteiger charge is 2.09. The standard InChI is InChI=1S/C18H19NO2S/c1-19(14-15-8-6-7-11-17(15)21-2)18(20)12-13-22-16-9-4-3-5-10-16/h3-13H,14H2,1-2H3/b13-12+. The number of para-hydroxylation sites is 1. The van der Waals surface area contributed by atoms with Crippen LogP contribution in [0.25, 0.3) is 0 Å². The Morgan fingerprint density at radius 2 is 1.82 bits per heavy atom. The van der Waals surface area contributed by atoms with E-state index in [-0.39, 0.29) is 5.91 Å². The van der Waals surface area contributed by atoms with Crippen molar-refractivity contribution in [3.63, 3.8) is 0 Å². The molecule has 0 saturated carbocycles. The Bertz CT molecular complexity index is 641. The van der Waals surface area contributed by atoms with E-state index in [1.54, 1.807) is 25.1 Å². The van der Waals surface area contributed by atoms with Crippen LogP contribution in [-0.4, -0.2) is 25.0 Å². The van der Waals surface area contributed by atoms with Gasteiger partial charge in [0.2, 0.25) is 5.91 Å². The Balaban J connectivity index is 1.92. The average molecular weight is 313 g/mol. The lowest BCUT2D eigenvalue weighted by Crippen LogP contribution is -2.24. The first-order valence-electron chi connectivity index (χ1n) is 6.96. The van der Waals surface area contributed by atoms with Crippen molar-refractivity contribution in [2.24, 2.45) is 0 Å².